The van der Waals surface area contributed by atoms with Gasteiger partial charge in [0.1, 0.15) is 11.5 Å². The van der Waals surface area contributed by atoms with Crippen LogP contribution in [-0.4, -0.2) is 25.7 Å². The van der Waals surface area contributed by atoms with E-state index in [1.165, 1.54) is 14.2 Å². The van der Waals surface area contributed by atoms with Gasteiger partial charge in [-0.3, -0.25) is 10.2 Å². The Kier molecular flexibility index (Phi) is 2.79. The van der Waals surface area contributed by atoms with Crippen molar-refractivity contribution in [3.8, 4) is 11.5 Å². The summed E-state index contributed by atoms with van der Waals surface area (Å²) in [4.78, 5) is 12.7. The molecule has 0 radical (unpaired) electrons. The Bertz CT molecular complexity index is 672. The number of hydrogen-bond acceptors (Lipinski definition) is 4. The first-order valence-corrected chi connectivity index (χ1v) is 6.17. The van der Waals surface area contributed by atoms with Crippen LogP contribution in [0.5, 0.6) is 11.5 Å². The van der Waals surface area contributed by atoms with Gasteiger partial charge in [-0.25, -0.2) is 0 Å². The first-order valence-electron chi connectivity index (χ1n) is 6.17. The lowest BCUT2D eigenvalue weighted by molar-refractivity contribution is 0.103. The lowest BCUT2D eigenvalue weighted by Gasteiger charge is -2.23. The van der Waals surface area contributed by atoms with E-state index in [4.69, 9.17) is 14.9 Å². The molecular weight excluding hydrogens is 254 g/mol. The summed E-state index contributed by atoms with van der Waals surface area (Å²) in [7, 11) is 3.04. The van der Waals surface area contributed by atoms with Gasteiger partial charge in [-0.15, -0.1) is 0 Å². The fraction of sp³-hybridized carbons (Fsp3) is 0.125. The molecule has 20 heavy (non-hydrogen) atoms. The fourth-order valence-electron chi connectivity index (χ4n) is 2.55. The Hall–Kier alpha value is -2.62. The van der Waals surface area contributed by atoms with Gasteiger partial charge in [0.05, 0.1) is 31.1 Å². The second kappa shape index (κ2) is 4.49. The second-order valence-electron chi connectivity index (χ2n) is 4.47. The van der Waals surface area contributed by atoms with Crippen LogP contribution in [0.25, 0.3) is 0 Å². The highest BCUT2D eigenvalue weighted by atomic mass is 16.5. The maximum Gasteiger partial charge on any atom is 0.198 e. The van der Waals surface area contributed by atoms with Crippen molar-refractivity contribution in [2.24, 2.45) is 0 Å². The zero-order valence-electron chi connectivity index (χ0n) is 11.2. The predicted molar refractivity (Wildman–Crippen MR) is 75.4 cm³/mol. The third-order valence-corrected chi connectivity index (χ3v) is 3.49. The van der Waals surface area contributed by atoms with E-state index in [2.05, 4.69) is 0 Å². The number of carbonyl (C=O) groups excluding carboxylic acids is 1. The lowest BCUT2D eigenvalue weighted by Crippen LogP contribution is -2.22. The van der Waals surface area contributed by atoms with Crippen LogP contribution in [0.15, 0.2) is 36.4 Å². The van der Waals surface area contributed by atoms with E-state index in [0.29, 0.717) is 33.8 Å². The first-order chi connectivity index (χ1) is 9.69. The van der Waals surface area contributed by atoms with Crippen LogP contribution in [0.3, 0.4) is 0 Å². The molecule has 4 heteroatoms. The number of ether oxygens (including phenoxy) is 2. The maximum absolute atomic E-state index is 12.7. The minimum atomic E-state index is -0.137. The van der Waals surface area contributed by atoms with Crippen molar-refractivity contribution in [2.45, 2.75) is 0 Å². The molecule has 100 valence electrons. The van der Waals surface area contributed by atoms with E-state index in [0.717, 1.165) is 0 Å². The standard InChI is InChI=1S/C16H13NO3/c1-19-11-7-8-12(20-2)14-13(11)15(17)9-5-3-4-6-10(9)16(14)18/h3-8,17H,1-2H3. The van der Waals surface area contributed by atoms with Gasteiger partial charge in [0.15, 0.2) is 5.78 Å². The third kappa shape index (κ3) is 1.54. The molecule has 0 heterocycles. The van der Waals surface area contributed by atoms with Crippen molar-refractivity contribution in [3.63, 3.8) is 0 Å². The number of fused-ring (bicyclic) bond motifs is 2. The van der Waals surface area contributed by atoms with E-state index in [1.807, 2.05) is 6.07 Å². The Morgan fingerprint density at radius 1 is 0.850 bits per heavy atom. The van der Waals surface area contributed by atoms with E-state index in [1.54, 1.807) is 30.3 Å². The molecule has 3 rings (SSSR count). The van der Waals surface area contributed by atoms with Crippen LogP contribution in [0.2, 0.25) is 0 Å². The van der Waals surface area contributed by atoms with Crippen LogP contribution in [-0.2, 0) is 0 Å². The fourth-order valence-corrected chi connectivity index (χ4v) is 2.55. The SMILES string of the molecule is COc1ccc(OC)c2c1C(=N)c1ccccc1C2=O. The Morgan fingerprint density at radius 2 is 1.40 bits per heavy atom. The molecule has 0 aliphatic heterocycles. The van der Waals surface area contributed by atoms with E-state index < -0.39 is 0 Å². The predicted octanol–water partition coefficient (Wildman–Crippen LogP) is 2.66. The molecule has 0 unspecified atom stereocenters. The average molecular weight is 267 g/mol. The Labute approximate surface area is 116 Å². The van der Waals surface area contributed by atoms with E-state index >= 15 is 0 Å². The quantitative estimate of drug-likeness (QED) is 0.776. The minimum absolute atomic E-state index is 0.137. The second-order valence-corrected chi connectivity index (χ2v) is 4.47. The largest absolute Gasteiger partial charge is 0.496 e. The van der Waals surface area contributed by atoms with Crippen molar-refractivity contribution in [2.75, 3.05) is 14.2 Å². The third-order valence-electron chi connectivity index (χ3n) is 3.49. The molecule has 1 aliphatic rings. The Morgan fingerprint density at radius 3 is 2.00 bits per heavy atom. The summed E-state index contributed by atoms with van der Waals surface area (Å²) >= 11 is 0. The van der Waals surface area contributed by atoms with Gasteiger partial charge in [0, 0.05) is 11.1 Å². The Balaban J connectivity index is 2.37. The molecule has 1 aliphatic carbocycles. The summed E-state index contributed by atoms with van der Waals surface area (Å²) in [5, 5.41) is 8.37. The van der Waals surface area contributed by atoms with Crippen LogP contribution >= 0.6 is 0 Å². The highest BCUT2D eigenvalue weighted by molar-refractivity contribution is 6.31. The van der Waals surface area contributed by atoms with Gasteiger partial charge in [0.25, 0.3) is 0 Å². The van der Waals surface area contributed by atoms with Crippen LogP contribution < -0.4 is 9.47 Å². The number of hydrogen-bond donors (Lipinski definition) is 1. The average Bonchev–Trinajstić information content (AvgIpc) is 2.51. The smallest absolute Gasteiger partial charge is 0.198 e. The highest BCUT2D eigenvalue weighted by Crippen LogP contribution is 2.38. The molecule has 1 N–H and O–H groups in total. The van der Waals surface area contributed by atoms with Gasteiger partial charge >= 0.3 is 0 Å². The van der Waals surface area contributed by atoms with Crippen LogP contribution in [0, 0.1) is 5.41 Å². The van der Waals surface area contributed by atoms with Crippen LogP contribution in [0.1, 0.15) is 27.0 Å². The highest BCUT2D eigenvalue weighted by Gasteiger charge is 2.32. The topological polar surface area (TPSA) is 59.4 Å². The van der Waals surface area contributed by atoms with Crippen molar-refractivity contribution in [1.82, 2.24) is 0 Å². The van der Waals surface area contributed by atoms with Gasteiger partial charge in [0.2, 0.25) is 0 Å². The molecule has 0 atom stereocenters. The molecule has 0 saturated heterocycles. The molecule has 0 saturated carbocycles. The molecule has 4 nitrogen and oxygen atoms in total. The maximum atomic E-state index is 12.7. The van der Waals surface area contributed by atoms with Crippen molar-refractivity contribution >= 4 is 11.5 Å². The number of methoxy groups -OCH3 is 2. The van der Waals surface area contributed by atoms with Crippen molar-refractivity contribution in [1.29, 1.82) is 5.41 Å². The molecule has 0 fully saturated rings. The molecule has 0 spiro atoms. The molecule has 0 amide bonds. The zero-order chi connectivity index (χ0) is 14.3. The number of benzene rings is 2. The van der Waals surface area contributed by atoms with Gasteiger partial charge in [-0.2, -0.15) is 0 Å². The minimum Gasteiger partial charge on any atom is -0.496 e. The van der Waals surface area contributed by atoms with E-state index in [-0.39, 0.29) is 11.5 Å². The first kappa shape index (κ1) is 12.4. The monoisotopic (exact) mass is 267 g/mol. The van der Waals surface area contributed by atoms with E-state index in [9.17, 15) is 4.79 Å². The van der Waals surface area contributed by atoms with Crippen LogP contribution in [0.4, 0.5) is 0 Å². The van der Waals surface area contributed by atoms with Gasteiger partial charge in [-0.1, -0.05) is 24.3 Å². The summed E-state index contributed by atoms with van der Waals surface area (Å²) in [6.45, 7) is 0. The normalized spacial score (nSPS) is 12.7. The molecular formula is C16H13NO3. The number of carbonyl (C=O) groups is 1. The summed E-state index contributed by atoms with van der Waals surface area (Å²) < 4.78 is 10.6. The number of ketones is 1. The summed E-state index contributed by atoms with van der Waals surface area (Å²) in [5.41, 5.74) is 2.32. The summed E-state index contributed by atoms with van der Waals surface area (Å²) in [6.07, 6.45) is 0. The number of rotatable bonds is 2. The molecule has 2 aromatic rings. The summed E-state index contributed by atoms with van der Waals surface area (Å²) in [6, 6.07) is 10.5. The zero-order valence-corrected chi connectivity index (χ0v) is 11.2. The van der Waals surface area contributed by atoms with Crippen molar-refractivity contribution in [3.05, 3.63) is 58.7 Å². The van der Waals surface area contributed by atoms with Crippen molar-refractivity contribution < 1.29 is 14.3 Å². The molecule has 0 bridgehead atoms. The lowest BCUT2D eigenvalue weighted by atomic mass is 9.82. The van der Waals surface area contributed by atoms with Gasteiger partial charge < -0.3 is 9.47 Å². The van der Waals surface area contributed by atoms with Gasteiger partial charge in [-0.05, 0) is 12.1 Å². The number of nitrogens with one attached hydrogen (secondary N) is 1. The molecule has 0 aromatic heterocycles. The summed E-state index contributed by atoms with van der Waals surface area (Å²) in [5.74, 6) is 0.834. The molecule has 2 aromatic carbocycles.